The highest BCUT2D eigenvalue weighted by atomic mass is 16.4. The van der Waals surface area contributed by atoms with Crippen LogP contribution in [0.3, 0.4) is 0 Å². The predicted octanol–water partition coefficient (Wildman–Crippen LogP) is -0.622. The first-order chi connectivity index (χ1) is 5.20. The molecular weight excluding hydrogens is 148 g/mol. The van der Waals surface area contributed by atoms with Gasteiger partial charge in [-0.3, -0.25) is 9.59 Å². The zero-order valence-electron chi connectivity index (χ0n) is 5.78. The fraction of sp³-hybridized carbons (Fsp3) is 0.500. The Labute approximate surface area is 63.1 Å². The molecule has 1 aliphatic heterocycles. The second kappa shape index (κ2) is 3.14. The molecule has 5 nitrogen and oxygen atoms in total. The molecule has 0 aromatic heterocycles. The largest absolute Gasteiger partial charge is 0.481 e. The molecule has 0 aliphatic carbocycles. The van der Waals surface area contributed by atoms with E-state index in [0.717, 1.165) is 0 Å². The summed E-state index contributed by atoms with van der Waals surface area (Å²) >= 11 is 0. The molecule has 11 heavy (non-hydrogen) atoms. The van der Waals surface area contributed by atoms with Gasteiger partial charge in [0, 0.05) is 6.42 Å². The lowest BCUT2D eigenvalue weighted by molar-refractivity contribution is -0.137. The lowest BCUT2D eigenvalue weighted by atomic mass is 10.1. The number of rotatable bonds is 3. The van der Waals surface area contributed by atoms with Crippen molar-refractivity contribution >= 4 is 18.2 Å². The highest BCUT2D eigenvalue weighted by Gasteiger charge is 2.20. The van der Waals surface area contributed by atoms with Crippen molar-refractivity contribution in [1.29, 1.82) is 0 Å². The van der Waals surface area contributed by atoms with Gasteiger partial charge in [-0.05, 0) is 6.42 Å². The van der Waals surface area contributed by atoms with E-state index >= 15 is 0 Å². The van der Waals surface area contributed by atoms with Gasteiger partial charge in [-0.25, -0.2) is 4.99 Å². The van der Waals surface area contributed by atoms with Crippen molar-refractivity contribution in [3.63, 3.8) is 0 Å². The van der Waals surface area contributed by atoms with Crippen molar-refractivity contribution in [1.82, 2.24) is 5.32 Å². The van der Waals surface area contributed by atoms with E-state index in [1.54, 1.807) is 0 Å². The first kappa shape index (κ1) is 7.71. The maximum absolute atomic E-state index is 10.7. The SMILES string of the molecule is O=C(O)CCC1NC=NC1=O. The predicted molar refractivity (Wildman–Crippen MR) is 37.3 cm³/mol. The van der Waals surface area contributed by atoms with Crippen molar-refractivity contribution in [2.24, 2.45) is 4.99 Å². The number of aliphatic imine (C=N–C) groups is 1. The normalized spacial score (nSPS) is 21.8. The van der Waals surface area contributed by atoms with Crippen LogP contribution in [0.5, 0.6) is 0 Å². The summed E-state index contributed by atoms with van der Waals surface area (Å²) in [7, 11) is 0. The summed E-state index contributed by atoms with van der Waals surface area (Å²) in [6.45, 7) is 0. The van der Waals surface area contributed by atoms with Crippen LogP contribution in [-0.4, -0.2) is 29.4 Å². The Bertz CT molecular complexity index is 212. The zero-order chi connectivity index (χ0) is 8.27. The van der Waals surface area contributed by atoms with Gasteiger partial charge >= 0.3 is 5.97 Å². The van der Waals surface area contributed by atoms with E-state index in [9.17, 15) is 9.59 Å². The summed E-state index contributed by atoms with van der Waals surface area (Å²) in [5, 5.41) is 10.9. The Kier molecular flexibility index (Phi) is 2.20. The van der Waals surface area contributed by atoms with Crippen LogP contribution in [-0.2, 0) is 9.59 Å². The standard InChI is InChI=1S/C6H8N2O3/c9-5(10)2-1-4-6(11)8-3-7-4/h3-4H,1-2H2,(H,9,10)(H,7,8,11). The fourth-order valence-electron chi connectivity index (χ4n) is 0.827. The van der Waals surface area contributed by atoms with Crippen LogP contribution in [0, 0.1) is 0 Å². The van der Waals surface area contributed by atoms with Gasteiger partial charge < -0.3 is 10.4 Å². The van der Waals surface area contributed by atoms with Crippen LogP contribution in [0.15, 0.2) is 4.99 Å². The van der Waals surface area contributed by atoms with Crippen LogP contribution in [0.2, 0.25) is 0 Å². The molecule has 1 atom stereocenters. The molecule has 0 saturated carbocycles. The number of nitrogens with one attached hydrogen (secondary N) is 1. The Morgan fingerprint density at radius 2 is 2.55 bits per heavy atom. The first-order valence-corrected chi connectivity index (χ1v) is 3.24. The number of carbonyl (C=O) groups is 2. The Morgan fingerprint density at radius 3 is 3.00 bits per heavy atom. The van der Waals surface area contributed by atoms with E-state index in [1.807, 2.05) is 0 Å². The van der Waals surface area contributed by atoms with Gasteiger partial charge in [-0.1, -0.05) is 0 Å². The van der Waals surface area contributed by atoms with Crippen molar-refractivity contribution in [3.8, 4) is 0 Å². The molecule has 60 valence electrons. The monoisotopic (exact) mass is 156 g/mol. The van der Waals surface area contributed by atoms with Crippen LogP contribution < -0.4 is 5.32 Å². The van der Waals surface area contributed by atoms with Crippen molar-refractivity contribution in [3.05, 3.63) is 0 Å². The Balaban J connectivity index is 2.28. The number of hydrogen-bond acceptors (Lipinski definition) is 3. The lowest BCUT2D eigenvalue weighted by Crippen LogP contribution is -2.28. The highest BCUT2D eigenvalue weighted by molar-refractivity contribution is 5.95. The molecule has 0 aromatic rings. The first-order valence-electron chi connectivity index (χ1n) is 3.24. The quantitative estimate of drug-likeness (QED) is 0.570. The summed E-state index contributed by atoms with van der Waals surface area (Å²) < 4.78 is 0. The van der Waals surface area contributed by atoms with E-state index in [-0.39, 0.29) is 12.3 Å². The van der Waals surface area contributed by atoms with Gasteiger partial charge in [0.15, 0.2) is 0 Å². The second-order valence-corrected chi connectivity index (χ2v) is 2.25. The number of carboxylic acid groups (broad SMARTS) is 1. The molecule has 1 amide bonds. The van der Waals surface area contributed by atoms with Gasteiger partial charge in [-0.15, -0.1) is 0 Å². The fourth-order valence-corrected chi connectivity index (χ4v) is 0.827. The van der Waals surface area contributed by atoms with Crippen molar-refractivity contribution < 1.29 is 14.7 Å². The Hall–Kier alpha value is -1.39. The molecule has 0 bridgehead atoms. The van der Waals surface area contributed by atoms with Crippen LogP contribution in [0.4, 0.5) is 0 Å². The second-order valence-electron chi connectivity index (χ2n) is 2.25. The third-order valence-electron chi connectivity index (χ3n) is 1.41. The van der Waals surface area contributed by atoms with Gasteiger partial charge in [-0.2, -0.15) is 0 Å². The smallest absolute Gasteiger partial charge is 0.303 e. The number of carbonyl (C=O) groups excluding carboxylic acids is 1. The number of aliphatic carboxylic acids is 1. The van der Waals surface area contributed by atoms with Crippen LogP contribution in [0.1, 0.15) is 12.8 Å². The number of carboxylic acids is 1. The Morgan fingerprint density at radius 1 is 1.82 bits per heavy atom. The third-order valence-corrected chi connectivity index (χ3v) is 1.41. The van der Waals surface area contributed by atoms with Crippen LogP contribution in [0.25, 0.3) is 0 Å². The minimum Gasteiger partial charge on any atom is -0.481 e. The number of nitrogens with zero attached hydrogens (tertiary/aromatic N) is 1. The lowest BCUT2D eigenvalue weighted by Gasteiger charge is -2.03. The summed E-state index contributed by atoms with van der Waals surface area (Å²) in [5.41, 5.74) is 0. The third kappa shape index (κ3) is 2.03. The molecule has 0 spiro atoms. The molecule has 0 saturated heterocycles. The van der Waals surface area contributed by atoms with Crippen molar-refractivity contribution in [2.45, 2.75) is 18.9 Å². The van der Waals surface area contributed by atoms with Crippen molar-refractivity contribution in [2.75, 3.05) is 0 Å². The highest BCUT2D eigenvalue weighted by Crippen LogP contribution is 2.02. The number of hydrogen-bond donors (Lipinski definition) is 2. The average Bonchev–Trinajstić information content (AvgIpc) is 2.31. The molecule has 1 unspecified atom stereocenters. The van der Waals surface area contributed by atoms with E-state index < -0.39 is 12.0 Å². The van der Waals surface area contributed by atoms with E-state index in [4.69, 9.17) is 5.11 Å². The molecule has 0 radical (unpaired) electrons. The molecule has 2 N–H and O–H groups in total. The van der Waals surface area contributed by atoms with E-state index in [0.29, 0.717) is 6.42 Å². The minimum absolute atomic E-state index is 0.00718. The van der Waals surface area contributed by atoms with E-state index in [1.165, 1.54) is 6.34 Å². The summed E-state index contributed by atoms with van der Waals surface area (Å²) in [6, 6.07) is -0.425. The van der Waals surface area contributed by atoms with Gasteiger partial charge in [0.05, 0.1) is 6.34 Å². The molecule has 1 rings (SSSR count). The van der Waals surface area contributed by atoms with E-state index in [2.05, 4.69) is 10.3 Å². The zero-order valence-corrected chi connectivity index (χ0v) is 5.78. The molecule has 0 aromatic carbocycles. The molecule has 0 fully saturated rings. The molecule has 1 heterocycles. The maximum atomic E-state index is 10.7. The minimum atomic E-state index is -0.897. The van der Waals surface area contributed by atoms with Crippen LogP contribution >= 0.6 is 0 Å². The summed E-state index contributed by atoms with van der Waals surface area (Å²) in [4.78, 5) is 24.2. The topological polar surface area (TPSA) is 78.8 Å². The average molecular weight is 156 g/mol. The summed E-state index contributed by atoms with van der Waals surface area (Å²) in [5.74, 6) is -1.18. The molecule has 5 heteroatoms. The number of amides is 1. The molecular formula is C6H8N2O3. The van der Waals surface area contributed by atoms with Gasteiger partial charge in [0.25, 0.3) is 5.91 Å². The van der Waals surface area contributed by atoms with Gasteiger partial charge in [0.2, 0.25) is 0 Å². The maximum Gasteiger partial charge on any atom is 0.303 e. The summed E-state index contributed by atoms with van der Waals surface area (Å²) in [6.07, 6.45) is 1.59. The van der Waals surface area contributed by atoms with Gasteiger partial charge in [0.1, 0.15) is 6.04 Å². The molecule has 1 aliphatic rings.